The Kier molecular flexibility index (Phi) is 7.56. The molecule has 8 nitrogen and oxygen atoms in total. The summed E-state index contributed by atoms with van der Waals surface area (Å²) >= 11 is 0. The van der Waals surface area contributed by atoms with E-state index in [4.69, 9.17) is 9.47 Å². The number of esters is 1. The van der Waals surface area contributed by atoms with E-state index >= 15 is 0 Å². The number of carbonyl (C=O) groups is 2. The lowest BCUT2D eigenvalue weighted by Gasteiger charge is -2.34. The minimum Gasteiger partial charge on any atom is -0.452 e. The fourth-order valence-corrected chi connectivity index (χ4v) is 4.77. The quantitative estimate of drug-likeness (QED) is 0.630. The third-order valence-corrected chi connectivity index (χ3v) is 6.36. The van der Waals surface area contributed by atoms with Crippen molar-refractivity contribution in [1.82, 2.24) is 9.21 Å². The standard InChI is InChI=1S/C19H28N2O6S/c1-5-20(6-2)18(22)13-26-19(23)16-8-7-9-17(10-16)28(24,25)21-11-14(3)27-15(4)12-21/h7-10,14-15H,5-6,11-13H2,1-4H3/t14-,15+. The van der Waals surface area contributed by atoms with E-state index < -0.39 is 16.0 Å². The number of sulfonamides is 1. The van der Waals surface area contributed by atoms with Crippen LogP contribution in [0.15, 0.2) is 29.2 Å². The van der Waals surface area contributed by atoms with Crippen LogP contribution in [-0.2, 0) is 24.3 Å². The SMILES string of the molecule is CCN(CC)C(=O)COC(=O)c1cccc(S(=O)(=O)N2C[C@@H](C)O[C@@H](C)C2)c1. The van der Waals surface area contributed by atoms with Crippen LogP contribution in [0.1, 0.15) is 38.1 Å². The topological polar surface area (TPSA) is 93.2 Å². The van der Waals surface area contributed by atoms with Gasteiger partial charge in [0, 0.05) is 26.2 Å². The van der Waals surface area contributed by atoms with Crippen molar-refractivity contribution in [3.05, 3.63) is 29.8 Å². The number of amides is 1. The molecule has 1 aliphatic heterocycles. The molecule has 0 N–H and O–H groups in total. The van der Waals surface area contributed by atoms with E-state index in [1.165, 1.54) is 28.6 Å². The van der Waals surface area contributed by atoms with Crippen LogP contribution in [-0.4, -0.2) is 74.5 Å². The molecule has 9 heteroatoms. The molecule has 1 aromatic carbocycles. The second-order valence-corrected chi connectivity index (χ2v) is 8.69. The molecule has 0 radical (unpaired) electrons. The maximum atomic E-state index is 12.9. The number of likely N-dealkylation sites (N-methyl/N-ethyl adjacent to an activating group) is 1. The average Bonchev–Trinajstić information content (AvgIpc) is 2.66. The number of ether oxygens (including phenoxy) is 2. The maximum absolute atomic E-state index is 12.9. The second-order valence-electron chi connectivity index (χ2n) is 6.75. The Morgan fingerprint density at radius 2 is 1.79 bits per heavy atom. The monoisotopic (exact) mass is 412 g/mol. The van der Waals surface area contributed by atoms with E-state index in [-0.39, 0.29) is 48.3 Å². The molecule has 156 valence electrons. The van der Waals surface area contributed by atoms with Crippen LogP contribution in [0.3, 0.4) is 0 Å². The molecule has 2 rings (SSSR count). The Labute approximate surface area is 166 Å². The summed E-state index contributed by atoms with van der Waals surface area (Å²) < 4.78 is 37.9. The van der Waals surface area contributed by atoms with Crippen LogP contribution in [0.2, 0.25) is 0 Å². The minimum absolute atomic E-state index is 0.0123. The fraction of sp³-hybridized carbons (Fsp3) is 0.579. The second kappa shape index (κ2) is 9.49. The zero-order valence-corrected chi connectivity index (χ0v) is 17.6. The molecular formula is C19H28N2O6S. The predicted octanol–water partition coefficient (Wildman–Crippen LogP) is 1.51. The first-order valence-corrected chi connectivity index (χ1v) is 10.8. The Balaban J connectivity index is 2.12. The molecule has 1 fully saturated rings. The van der Waals surface area contributed by atoms with E-state index in [1.807, 2.05) is 27.7 Å². The van der Waals surface area contributed by atoms with E-state index in [0.29, 0.717) is 13.1 Å². The molecular weight excluding hydrogens is 384 g/mol. The zero-order chi connectivity index (χ0) is 20.9. The fourth-order valence-electron chi connectivity index (χ4n) is 3.14. The van der Waals surface area contributed by atoms with Gasteiger partial charge in [0.25, 0.3) is 5.91 Å². The van der Waals surface area contributed by atoms with E-state index in [0.717, 1.165) is 0 Å². The molecule has 0 bridgehead atoms. The van der Waals surface area contributed by atoms with E-state index in [9.17, 15) is 18.0 Å². The Morgan fingerprint density at radius 1 is 1.18 bits per heavy atom. The first kappa shape index (κ1) is 22.3. The van der Waals surface area contributed by atoms with Gasteiger partial charge in [-0.3, -0.25) is 4.79 Å². The Bertz CT molecular complexity index is 796. The van der Waals surface area contributed by atoms with Crippen molar-refractivity contribution >= 4 is 21.9 Å². The normalized spacial score (nSPS) is 20.6. The summed E-state index contributed by atoms with van der Waals surface area (Å²) in [5.74, 6) is -1.03. The lowest BCUT2D eigenvalue weighted by molar-refractivity contribution is -0.134. The molecule has 1 saturated heterocycles. The average molecular weight is 413 g/mol. The highest BCUT2D eigenvalue weighted by molar-refractivity contribution is 7.89. The first-order valence-electron chi connectivity index (χ1n) is 9.39. The first-order chi connectivity index (χ1) is 13.2. The van der Waals surface area contributed by atoms with Crippen molar-refractivity contribution < 1.29 is 27.5 Å². The maximum Gasteiger partial charge on any atom is 0.338 e. The Morgan fingerprint density at radius 3 is 2.36 bits per heavy atom. The number of carbonyl (C=O) groups excluding carboxylic acids is 2. The molecule has 0 unspecified atom stereocenters. The molecule has 2 atom stereocenters. The summed E-state index contributed by atoms with van der Waals surface area (Å²) in [5, 5.41) is 0. The number of benzene rings is 1. The van der Waals surface area contributed by atoms with Gasteiger partial charge >= 0.3 is 5.97 Å². The third-order valence-electron chi connectivity index (χ3n) is 4.54. The van der Waals surface area contributed by atoms with Crippen molar-refractivity contribution in [2.75, 3.05) is 32.8 Å². The molecule has 0 saturated carbocycles. The Hall–Kier alpha value is -1.97. The van der Waals surface area contributed by atoms with Crippen molar-refractivity contribution in [3.63, 3.8) is 0 Å². The highest BCUT2D eigenvalue weighted by atomic mass is 32.2. The van der Waals surface area contributed by atoms with Gasteiger partial charge in [0.15, 0.2) is 6.61 Å². The van der Waals surface area contributed by atoms with Gasteiger partial charge in [-0.1, -0.05) is 6.07 Å². The summed E-state index contributed by atoms with van der Waals surface area (Å²) in [6, 6.07) is 5.68. The van der Waals surface area contributed by atoms with Gasteiger partial charge in [0.2, 0.25) is 10.0 Å². The van der Waals surface area contributed by atoms with Crippen molar-refractivity contribution in [1.29, 1.82) is 0 Å². The van der Waals surface area contributed by atoms with Gasteiger partial charge in [0.05, 0.1) is 22.7 Å². The summed E-state index contributed by atoms with van der Waals surface area (Å²) in [5.41, 5.74) is 0.0859. The largest absolute Gasteiger partial charge is 0.452 e. The minimum atomic E-state index is -3.77. The lowest BCUT2D eigenvalue weighted by atomic mass is 10.2. The highest BCUT2D eigenvalue weighted by Gasteiger charge is 2.32. The summed E-state index contributed by atoms with van der Waals surface area (Å²) in [7, 11) is -3.77. The summed E-state index contributed by atoms with van der Waals surface area (Å²) in [4.78, 5) is 25.8. The number of nitrogens with zero attached hydrogens (tertiary/aromatic N) is 2. The van der Waals surface area contributed by atoms with Crippen molar-refractivity contribution in [2.45, 2.75) is 44.8 Å². The van der Waals surface area contributed by atoms with Gasteiger partial charge < -0.3 is 14.4 Å². The van der Waals surface area contributed by atoms with Gasteiger partial charge in [-0.05, 0) is 45.9 Å². The lowest BCUT2D eigenvalue weighted by Crippen LogP contribution is -2.48. The van der Waals surface area contributed by atoms with Gasteiger partial charge in [-0.25, -0.2) is 13.2 Å². The van der Waals surface area contributed by atoms with Crippen LogP contribution in [0, 0.1) is 0 Å². The summed E-state index contributed by atoms with van der Waals surface area (Å²) in [6.45, 7) is 8.48. The smallest absolute Gasteiger partial charge is 0.338 e. The van der Waals surface area contributed by atoms with E-state index in [2.05, 4.69) is 0 Å². The number of hydrogen-bond acceptors (Lipinski definition) is 6. The molecule has 1 heterocycles. The third kappa shape index (κ3) is 5.30. The van der Waals surface area contributed by atoms with Crippen molar-refractivity contribution in [3.8, 4) is 0 Å². The number of hydrogen-bond donors (Lipinski definition) is 0. The summed E-state index contributed by atoms with van der Waals surface area (Å²) in [6.07, 6.45) is -0.421. The number of morpholine rings is 1. The molecule has 28 heavy (non-hydrogen) atoms. The van der Waals surface area contributed by atoms with Gasteiger partial charge in [-0.2, -0.15) is 4.31 Å². The van der Waals surface area contributed by atoms with Crippen LogP contribution in [0.4, 0.5) is 0 Å². The van der Waals surface area contributed by atoms with Crippen LogP contribution >= 0.6 is 0 Å². The molecule has 0 spiro atoms. The van der Waals surface area contributed by atoms with Crippen molar-refractivity contribution in [2.24, 2.45) is 0 Å². The molecule has 1 aromatic rings. The predicted molar refractivity (Wildman–Crippen MR) is 103 cm³/mol. The highest BCUT2D eigenvalue weighted by Crippen LogP contribution is 2.22. The molecule has 0 aliphatic carbocycles. The molecule has 0 aromatic heterocycles. The van der Waals surface area contributed by atoms with Crippen LogP contribution < -0.4 is 0 Å². The van der Waals surface area contributed by atoms with Gasteiger partial charge in [-0.15, -0.1) is 0 Å². The van der Waals surface area contributed by atoms with Gasteiger partial charge in [0.1, 0.15) is 0 Å². The number of rotatable bonds is 7. The molecule has 1 aliphatic rings. The molecule has 1 amide bonds. The van der Waals surface area contributed by atoms with Crippen LogP contribution in [0.5, 0.6) is 0 Å². The van der Waals surface area contributed by atoms with Crippen LogP contribution in [0.25, 0.3) is 0 Å². The zero-order valence-electron chi connectivity index (χ0n) is 16.8. The van der Waals surface area contributed by atoms with E-state index in [1.54, 1.807) is 4.90 Å².